The summed E-state index contributed by atoms with van der Waals surface area (Å²) in [7, 11) is -2.39. The van der Waals surface area contributed by atoms with E-state index in [1.54, 1.807) is 12.1 Å². The van der Waals surface area contributed by atoms with Crippen molar-refractivity contribution in [1.82, 2.24) is 0 Å². The van der Waals surface area contributed by atoms with Crippen molar-refractivity contribution in [2.75, 3.05) is 6.61 Å². The highest BCUT2D eigenvalue weighted by Crippen LogP contribution is 2.27. The van der Waals surface area contributed by atoms with Crippen LogP contribution in [-0.2, 0) is 9.09 Å². The number of hydrogen-bond acceptors (Lipinski definition) is 3. The second-order valence-electron chi connectivity index (χ2n) is 4.63. The Balaban J connectivity index is 1.96. The van der Waals surface area contributed by atoms with Crippen molar-refractivity contribution in [2.24, 2.45) is 0 Å². The first-order valence-electron chi connectivity index (χ1n) is 7.22. The van der Waals surface area contributed by atoms with Crippen molar-refractivity contribution in [1.29, 1.82) is 0 Å². The van der Waals surface area contributed by atoms with Crippen LogP contribution in [0.1, 0.15) is 51.9 Å². The van der Waals surface area contributed by atoms with Gasteiger partial charge in [0.25, 0.3) is 0 Å². The zero-order valence-corrected chi connectivity index (χ0v) is 12.8. The maximum atomic E-state index is 11.5. The van der Waals surface area contributed by atoms with Crippen molar-refractivity contribution in [2.45, 2.75) is 51.9 Å². The smallest absolute Gasteiger partial charge is 0.367 e. The van der Waals surface area contributed by atoms with Crippen LogP contribution in [0.3, 0.4) is 0 Å². The summed E-state index contributed by atoms with van der Waals surface area (Å²) in [6, 6.07) is 9.14. The third-order valence-corrected chi connectivity index (χ3v) is 3.75. The van der Waals surface area contributed by atoms with E-state index in [4.69, 9.17) is 9.05 Å². The molecule has 3 nitrogen and oxygen atoms in total. The Morgan fingerprint density at radius 3 is 2.26 bits per heavy atom. The van der Waals surface area contributed by atoms with Gasteiger partial charge in [0.1, 0.15) is 5.75 Å². The molecule has 1 unspecified atom stereocenters. The minimum absolute atomic E-state index is 0.526. The highest BCUT2D eigenvalue weighted by molar-refractivity contribution is 7.33. The van der Waals surface area contributed by atoms with Gasteiger partial charge in [-0.05, 0) is 18.6 Å². The fourth-order valence-corrected chi connectivity index (χ4v) is 2.53. The molecule has 0 aliphatic heterocycles. The SMILES string of the molecule is CCCCCCCCCO[PH](=O)Oc1ccccc1. The van der Waals surface area contributed by atoms with E-state index in [1.807, 2.05) is 18.2 Å². The molecule has 0 heterocycles. The Morgan fingerprint density at radius 1 is 0.947 bits per heavy atom. The molecule has 0 spiro atoms. The van der Waals surface area contributed by atoms with Crippen LogP contribution in [0.4, 0.5) is 0 Å². The molecule has 0 aromatic heterocycles. The molecule has 1 rings (SSSR count). The molecule has 0 N–H and O–H groups in total. The lowest BCUT2D eigenvalue weighted by Crippen LogP contribution is -1.91. The van der Waals surface area contributed by atoms with Crippen molar-refractivity contribution < 1.29 is 13.6 Å². The van der Waals surface area contributed by atoms with Gasteiger partial charge in [0.05, 0.1) is 6.61 Å². The highest BCUT2D eigenvalue weighted by Gasteiger charge is 2.01. The summed E-state index contributed by atoms with van der Waals surface area (Å²) < 4.78 is 21.9. The van der Waals surface area contributed by atoms with E-state index in [0.29, 0.717) is 12.4 Å². The van der Waals surface area contributed by atoms with E-state index in [1.165, 1.54) is 32.1 Å². The molecular formula is C15H25O3P. The molecule has 0 saturated heterocycles. The first kappa shape index (κ1) is 16.3. The molecule has 108 valence electrons. The van der Waals surface area contributed by atoms with Gasteiger partial charge >= 0.3 is 8.25 Å². The minimum Gasteiger partial charge on any atom is -0.426 e. The van der Waals surface area contributed by atoms with E-state index in [0.717, 1.165) is 12.8 Å². The van der Waals surface area contributed by atoms with E-state index in [-0.39, 0.29) is 0 Å². The monoisotopic (exact) mass is 284 g/mol. The van der Waals surface area contributed by atoms with Crippen LogP contribution in [0, 0.1) is 0 Å². The summed E-state index contributed by atoms with van der Waals surface area (Å²) in [5.41, 5.74) is 0. The van der Waals surface area contributed by atoms with Gasteiger partial charge in [-0.25, -0.2) is 4.57 Å². The van der Waals surface area contributed by atoms with E-state index in [2.05, 4.69) is 6.92 Å². The fraction of sp³-hybridized carbons (Fsp3) is 0.600. The maximum Gasteiger partial charge on any atom is 0.367 e. The Hall–Kier alpha value is -0.790. The molecule has 0 fully saturated rings. The second-order valence-corrected chi connectivity index (χ2v) is 5.63. The van der Waals surface area contributed by atoms with Crippen LogP contribution in [0.5, 0.6) is 5.75 Å². The van der Waals surface area contributed by atoms with Crippen molar-refractivity contribution in [3.63, 3.8) is 0 Å². The first-order chi connectivity index (χ1) is 9.33. The topological polar surface area (TPSA) is 35.5 Å². The van der Waals surface area contributed by atoms with Gasteiger partial charge < -0.3 is 9.05 Å². The third kappa shape index (κ3) is 8.85. The summed E-state index contributed by atoms with van der Waals surface area (Å²) in [5.74, 6) is 0.603. The van der Waals surface area contributed by atoms with Gasteiger partial charge in [0.2, 0.25) is 0 Å². The zero-order valence-electron chi connectivity index (χ0n) is 11.8. The molecule has 1 atom stereocenters. The van der Waals surface area contributed by atoms with Gasteiger partial charge in [-0.15, -0.1) is 0 Å². The van der Waals surface area contributed by atoms with Crippen molar-refractivity contribution in [3.05, 3.63) is 30.3 Å². The molecule has 1 aromatic carbocycles. The summed E-state index contributed by atoms with van der Waals surface area (Å²) in [4.78, 5) is 0. The minimum atomic E-state index is -2.39. The molecule has 0 radical (unpaired) electrons. The predicted molar refractivity (Wildman–Crippen MR) is 80.0 cm³/mol. The number of benzene rings is 1. The highest BCUT2D eigenvalue weighted by atomic mass is 31.1. The zero-order chi connectivity index (χ0) is 13.8. The fourth-order valence-electron chi connectivity index (χ4n) is 1.83. The van der Waals surface area contributed by atoms with Gasteiger partial charge in [-0.1, -0.05) is 63.6 Å². The molecule has 4 heteroatoms. The molecule has 1 aromatic rings. The van der Waals surface area contributed by atoms with Crippen molar-refractivity contribution >= 4 is 8.25 Å². The predicted octanol–water partition coefficient (Wildman–Crippen LogP) is 5.22. The largest absolute Gasteiger partial charge is 0.426 e. The van der Waals surface area contributed by atoms with E-state index < -0.39 is 8.25 Å². The molecule has 0 saturated carbocycles. The molecular weight excluding hydrogens is 259 g/mol. The van der Waals surface area contributed by atoms with Crippen molar-refractivity contribution in [3.8, 4) is 5.75 Å². The lowest BCUT2D eigenvalue weighted by Gasteiger charge is -2.06. The lowest BCUT2D eigenvalue weighted by atomic mass is 10.1. The van der Waals surface area contributed by atoms with Gasteiger partial charge in [-0.2, -0.15) is 0 Å². The number of rotatable bonds is 11. The maximum absolute atomic E-state index is 11.5. The van der Waals surface area contributed by atoms with E-state index >= 15 is 0 Å². The summed E-state index contributed by atoms with van der Waals surface area (Å²) in [5, 5.41) is 0. The van der Waals surface area contributed by atoms with Gasteiger partial charge in [0, 0.05) is 0 Å². The Labute approximate surface area is 117 Å². The quantitative estimate of drug-likeness (QED) is 0.412. The molecule has 0 aliphatic carbocycles. The number of unbranched alkanes of at least 4 members (excludes halogenated alkanes) is 6. The summed E-state index contributed by atoms with van der Waals surface area (Å²) in [6.07, 6.45) is 8.57. The molecule has 0 amide bonds. The van der Waals surface area contributed by atoms with E-state index in [9.17, 15) is 4.57 Å². The van der Waals surface area contributed by atoms with Crippen LogP contribution in [0.25, 0.3) is 0 Å². The standard InChI is InChI=1S/C15H25O3P/c1-2-3-4-5-6-7-11-14-17-19(16)18-15-12-9-8-10-13-15/h8-10,12-13,19H,2-7,11,14H2,1H3. The summed E-state index contributed by atoms with van der Waals surface area (Å²) in [6.45, 7) is 2.75. The normalized spacial score (nSPS) is 12.3. The Morgan fingerprint density at radius 2 is 1.58 bits per heavy atom. The Kier molecular flexibility index (Phi) is 9.48. The molecule has 0 aliphatic rings. The van der Waals surface area contributed by atoms with Crippen LogP contribution in [0.15, 0.2) is 30.3 Å². The third-order valence-electron chi connectivity index (χ3n) is 2.91. The van der Waals surface area contributed by atoms with Crippen LogP contribution in [-0.4, -0.2) is 6.61 Å². The first-order valence-corrected chi connectivity index (χ1v) is 8.45. The van der Waals surface area contributed by atoms with Crippen LogP contribution < -0.4 is 4.52 Å². The number of para-hydroxylation sites is 1. The van der Waals surface area contributed by atoms with Gasteiger partial charge in [-0.3, -0.25) is 0 Å². The summed E-state index contributed by atoms with van der Waals surface area (Å²) >= 11 is 0. The lowest BCUT2D eigenvalue weighted by molar-refractivity contribution is 0.277. The average Bonchev–Trinajstić information content (AvgIpc) is 2.43. The molecule has 0 bridgehead atoms. The number of hydrogen-bond donors (Lipinski definition) is 0. The average molecular weight is 284 g/mol. The molecule has 19 heavy (non-hydrogen) atoms. The van der Waals surface area contributed by atoms with Crippen LogP contribution in [0.2, 0.25) is 0 Å². The second kappa shape index (κ2) is 11.1. The van der Waals surface area contributed by atoms with Gasteiger partial charge in [0.15, 0.2) is 0 Å². The Bertz CT molecular complexity index is 341. The van der Waals surface area contributed by atoms with Crippen LogP contribution >= 0.6 is 8.25 Å².